The number of hydrogen-bond acceptors (Lipinski definition) is 2. The van der Waals surface area contributed by atoms with Crippen LogP contribution in [0.3, 0.4) is 0 Å². The summed E-state index contributed by atoms with van der Waals surface area (Å²) in [6.45, 7) is 0. The van der Waals surface area contributed by atoms with E-state index in [-0.39, 0.29) is 0 Å². The third-order valence-corrected chi connectivity index (χ3v) is 9.51. The molecule has 2 nitrogen and oxygen atoms in total. The van der Waals surface area contributed by atoms with Crippen LogP contribution in [-0.2, 0) is 0 Å². The molecule has 0 bridgehead atoms. The molecule has 0 aliphatic rings. The first-order chi connectivity index (χ1) is 24.8. The van der Waals surface area contributed by atoms with Gasteiger partial charge in [0.2, 0.25) is 0 Å². The Kier molecular flexibility index (Phi) is 7.53. The fourth-order valence-corrected chi connectivity index (χ4v) is 7.05. The topological polar surface area (TPSA) is 16.4 Å². The minimum Gasteiger partial charge on any atom is -0.456 e. The Balaban J connectivity index is 1.09. The van der Waals surface area contributed by atoms with E-state index in [2.05, 4.69) is 187 Å². The molecule has 2 heteroatoms. The number of hydrogen-bond donors (Lipinski definition) is 0. The van der Waals surface area contributed by atoms with E-state index >= 15 is 0 Å². The minimum atomic E-state index is 0.881. The van der Waals surface area contributed by atoms with E-state index in [1.807, 2.05) is 18.2 Å². The molecule has 0 unspecified atom stereocenters. The molecule has 0 N–H and O–H groups in total. The molecule has 0 amide bonds. The average molecular weight is 640 g/mol. The Hall–Kier alpha value is -6.64. The second kappa shape index (κ2) is 12.8. The van der Waals surface area contributed by atoms with Gasteiger partial charge in [-0.2, -0.15) is 0 Å². The fourth-order valence-electron chi connectivity index (χ4n) is 7.05. The summed E-state index contributed by atoms with van der Waals surface area (Å²) in [5, 5.41) is 3.53. The van der Waals surface area contributed by atoms with Gasteiger partial charge < -0.3 is 9.32 Å². The molecule has 0 saturated heterocycles. The van der Waals surface area contributed by atoms with Gasteiger partial charge in [0.05, 0.1) is 11.4 Å². The highest BCUT2D eigenvalue weighted by Crippen LogP contribution is 2.44. The van der Waals surface area contributed by atoms with Gasteiger partial charge in [-0.05, 0) is 69.6 Å². The maximum atomic E-state index is 6.26. The highest BCUT2D eigenvalue weighted by atomic mass is 16.3. The normalized spacial score (nSPS) is 11.2. The molecule has 1 aromatic heterocycles. The maximum Gasteiger partial charge on any atom is 0.136 e. The van der Waals surface area contributed by atoms with Crippen LogP contribution in [0.5, 0.6) is 0 Å². The molecular weight excluding hydrogens is 607 g/mol. The van der Waals surface area contributed by atoms with E-state index < -0.39 is 0 Å². The quantitative estimate of drug-likeness (QED) is 0.173. The zero-order valence-electron chi connectivity index (χ0n) is 27.4. The Morgan fingerprint density at radius 1 is 0.340 bits per heavy atom. The highest BCUT2D eigenvalue weighted by Gasteiger charge is 2.19. The van der Waals surface area contributed by atoms with Crippen molar-refractivity contribution in [2.45, 2.75) is 0 Å². The highest BCUT2D eigenvalue weighted by molar-refractivity contribution is 6.01. The van der Waals surface area contributed by atoms with Crippen molar-refractivity contribution in [2.24, 2.45) is 0 Å². The summed E-state index contributed by atoms with van der Waals surface area (Å²) in [5.41, 5.74) is 12.4. The van der Waals surface area contributed by atoms with Crippen molar-refractivity contribution >= 4 is 38.8 Å². The largest absolute Gasteiger partial charge is 0.456 e. The van der Waals surface area contributed by atoms with Crippen LogP contribution in [0, 0.1) is 0 Å². The number of fused-ring (bicyclic) bond motifs is 2. The standard InChI is InChI=1S/C48H33NO/c1-2-13-36(14-3-1)42-20-9-10-22-45(42)49(46-23-12-17-37-15-4-6-19-43(37)46)40-31-29-35(30-32-40)34-25-27-38(28-26-34)41-18-7-8-21-44(41)48-33-39-16-5-11-24-47(39)50-48/h1-33H. The van der Waals surface area contributed by atoms with Crippen molar-refractivity contribution in [3.63, 3.8) is 0 Å². The summed E-state index contributed by atoms with van der Waals surface area (Å²) in [5.74, 6) is 0.881. The van der Waals surface area contributed by atoms with Gasteiger partial charge in [-0.25, -0.2) is 0 Å². The van der Waals surface area contributed by atoms with Crippen molar-refractivity contribution in [3.05, 3.63) is 200 Å². The Labute approximate surface area is 292 Å². The molecule has 0 fully saturated rings. The van der Waals surface area contributed by atoms with E-state index in [4.69, 9.17) is 4.42 Å². The first-order valence-electron chi connectivity index (χ1n) is 17.0. The molecule has 0 aliphatic heterocycles. The van der Waals surface area contributed by atoms with Gasteiger partial charge in [-0.15, -0.1) is 0 Å². The first-order valence-corrected chi connectivity index (χ1v) is 17.0. The lowest BCUT2D eigenvalue weighted by Crippen LogP contribution is -2.11. The maximum absolute atomic E-state index is 6.26. The zero-order valence-corrected chi connectivity index (χ0v) is 27.4. The fraction of sp³-hybridized carbons (Fsp3) is 0. The second-order valence-electron chi connectivity index (χ2n) is 12.5. The average Bonchev–Trinajstić information content (AvgIpc) is 3.64. The lowest BCUT2D eigenvalue weighted by atomic mass is 9.95. The molecule has 9 aromatic rings. The van der Waals surface area contributed by atoms with Gasteiger partial charge in [0.15, 0.2) is 0 Å². The van der Waals surface area contributed by atoms with Crippen molar-refractivity contribution in [1.82, 2.24) is 0 Å². The van der Waals surface area contributed by atoms with Gasteiger partial charge in [-0.1, -0.05) is 164 Å². The molecule has 236 valence electrons. The van der Waals surface area contributed by atoms with Gasteiger partial charge in [0.1, 0.15) is 11.3 Å². The number of benzene rings is 8. The molecule has 0 saturated carbocycles. The molecule has 0 radical (unpaired) electrons. The lowest BCUT2D eigenvalue weighted by molar-refractivity contribution is 0.632. The van der Waals surface area contributed by atoms with E-state index in [9.17, 15) is 0 Å². The van der Waals surface area contributed by atoms with E-state index in [1.54, 1.807) is 0 Å². The summed E-state index contributed by atoms with van der Waals surface area (Å²) in [6, 6.07) is 71.1. The summed E-state index contributed by atoms with van der Waals surface area (Å²) in [4.78, 5) is 2.40. The van der Waals surface area contributed by atoms with Gasteiger partial charge >= 0.3 is 0 Å². The van der Waals surface area contributed by atoms with Crippen LogP contribution in [0.1, 0.15) is 0 Å². The van der Waals surface area contributed by atoms with Crippen LogP contribution in [0.15, 0.2) is 205 Å². The van der Waals surface area contributed by atoms with Gasteiger partial charge in [0, 0.05) is 27.6 Å². The SMILES string of the molecule is c1ccc(-c2ccccc2N(c2ccc(-c3ccc(-c4ccccc4-c4cc5ccccc5o4)cc3)cc2)c2cccc3ccccc23)cc1. The summed E-state index contributed by atoms with van der Waals surface area (Å²) in [6.07, 6.45) is 0. The summed E-state index contributed by atoms with van der Waals surface area (Å²) < 4.78 is 6.26. The number of rotatable bonds is 7. The molecular formula is C48H33NO. The molecule has 8 aromatic carbocycles. The van der Waals surface area contributed by atoms with E-state index in [0.29, 0.717) is 0 Å². The Bertz CT molecular complexity index is 2540. The number of nitrogens with zero attached hydrogens (tertiary/aromatic N) is 1. The zero-order chi connectivity index (χ0) is 33.3. The smallest absolute Gasteiger partial charge is 0.136 e. The Morgan fingerprint density at radius 3 is 1.66 bits per heavy atom. The van der Waals surface area contributed by atoms with Crippen LogP contribution in [0.25, 0.3) is 66.4 Å². The number of anilines is 3. The van der Waals surface area contributed by atoms with Gasteiger partial charge in [0.25, 0.3) is 0 Å². The molecule has 0 atom stereocenters. The van der Waals surface area contributed by atoms with E-state index in [1.165, 1.54) is 33.0 Å². The lowest BCUT2D eigenvalue weighted by Gasteiger charge is -2.29. The van der Waals surface area contributed by atoms with Gasteiger partial charge in [-0.3, -0.25) is 0 Å². The third kappa shape index (κ3) is 5.43. The van der Waals surface area contributed by atoms with Crippen LogP contribution in [0.2, 0.25) is 0 Å². The summed E-state index contributed by atoms with van der Waals surface area (Å²) >= 11 is 0. The molecule has 0 aliphatic carbocycles. The number of para-hydroxylation sites is 2. The summed E-state index contributed by atoms with van der Waals surface area (Å²) in [7, 11) is 0. The predicted octanol–water partition coefficient (Wildman–Crippen LogP) is 13.7. The predicted molar refractivity (Wildman–Crippen MR) is 210 cm³/mol. The Morgan fingerprint density at radius 2 is 0.880 bits per heavy atom. The van der Waals surface area contributed by atoms with Crippen molar-refractivity contribution in [3.8, 4) is 44.7 Å². The molecule has 50 heavy (non-hydrogen) atoms. The van der Waals surface area contributed by atoms with Crippen molar-refractivity contribution < 1.29 is 4.42 Å². The number of furan rings is 1. The molecule has 1 heterocycles. The monoisotopic (exact) mass is 639 g/mol. The first kappa shape index (κ1) is 29.5. The van der Waals surface area contributed by atoms with Crippen molar-refractivity contribution in [1.29, 1.82) is 0 Å². The minimum absolute atomic E-state index is 0.881. The van der Waals surface area contributed by atoms with Crippen LogP contribution < -0.4 is 4.90 Å². The third-order valence-electron chi connectivity index (χ3n) is 9.51. The molecule has 0 spiro atoms. The van der Waals surface area contributed by atoms with Crippen LogP contribution in [-0.4, -0.2) is 0 Å². The van der Waals surface area contributed by atoms with Crippen LogP contribution in [0.4, 0.5) is 17.1 Å². The van der Waals surface area contributed by atoms with E-state index in [0.717, 1.165) is 50.5 Å². The van der Waals surface area contributed by atoms with Crippen LogP contribution >= 0.6 is 0 Å². The second-order valence-corrected chi connectivity index (χ2v) is 12.5. The molecule has 9 rings (SSSR count). The van der Waals surface area contributed by atoms with Crippen molar-refractivity contribution in [2.75, 3.05) is 4.90 Å².